The van der Waals surface area contributed by atoms with Crippen molar-refractivity contribution in [1.29, 1.82) is 0 Å². The van der Waals surface area contributed by atoms with Crippen LogP contribution in [-0.2, 0) is 0 Å². The van der Waals surface area contributed by atoms with Gasteiger partial charge in [0.2, 0.25) is 0 Å². The van der Waals surface area contributed by atoms with Gasteiger partial charge >= 0.3 is 0 Å². The zero-order valence-electron chi connectivity index (χ0n) is 27.4. The van der Waals surface area contributed by atoms with Crippen LogP contribution in [0.25, 0.3) is 11.4 Å². The number of benzene rings is 1. The lowest BCUT2D eigenvalue weighted by atomic mass is 9.76. The van der Waals surface area contributed by atoms with Crippen molar-refractivity contribution in [2.45, 2.75) is 93.9 Å². The van der Waals surface area contributed by atoms with E-state index in [-0.39, 0.29) is 42.0 Å². The number of pyridine rings is 2. The molecule has 50 heavy (non-hydrogen) atoms. The molecule has 0 aliphatic heterocycles. The number of aromatic nitrogens is 4. The molecule has 2 unspecified atom stereocenters. The third-order valence-corrected chi connectivity index (χ3v) is 9.97. The summed E-state index contributed by atoms with van der Waals surface area (Å²) in [6.07, 6.45) is 3.10. The Bertz CT molecular complexity index is 1770. The van der Waals surface area contributed by atoms with Crippen LogP contribution in [0.3, 0.4) is 0 Å². The second kappa shape index (κ2) is 16.1. The molecule has 2 saturated carbocycles. The molecule has 3 aromatic heterocycles. The van der Waals surface area contributed by atoms with E-state index >= 15 is 0 Å². The van der Waals surface area contributed by atoms with Crippen LogP contribution >= 0.6 is 23.2 Å². The number of nitrogens with two attached hydrogens (primary N) is 1. The van der Waals surface area contributed by atoms with Crippen molar-refractivity contribution in [1.82, 2.24) is 25.3 Å². The second-order valence-electron chi connectivity index (χ2n) is 12.9. The third-order valence-electron chi connectivity index (χ3n) is 9.36. The molecular weight excluding hydrogens is 692 g/mol. The molecule has 0 bridgehead atoms. The molecule has 2 aliphatic rings. The Morgan fingerprint density at radius 2 is 1.48 bits per heavy atom. The summed E-state index contributed by atoms with van der Waals surface area (Å²) in [7, 11) is 0. The topological polar surface area (TPSA) is 147 Å². The maximum absolute atomic E-state index is 14.3. The average Bonchev–Trinajstić information content (AvgIpc) is 3.11. The lowest BCUT2D eigenvalue weighted by Gasteiger charge is -2.41. The van der Waals surface area contributed by atoms with E-state index in [1.165, 1.54) is 12.1 Å². The van der Waals surface area contributed by atoms with Crippen LogP contribution in [0.2, 0.25) is 10.2 Å². The van der Waals surface area contributed by atoms with E-state index in [1.54, 1.807) is 61.8 Å². The number of carbonyl (C=O) groups excluding carboxylic acids is 1. The van der Waals surface area contributed by atoms with Gasteiger partial charge in [-0.15, -0.1) is 0 Å². The summed E-state index contributed by atoms with van der Waals surface area (Å²) in [5.74, 6) is -0.974. The minimum absolute atomic E-state index is 0.0569. The van der Waals surface area contributed by atoms with E-state index in [0.29, 0.717) is 53.6 Å². The number of aliphatic hydroxyl groups is 2. The maximum Gasteiger partial charge on any atom is 0.271 e. The van der Waals surface area contributed by atoms with Crippen LogP contribution in [0, 0.1) is 12.7 Å². The summed E-state index contributed by atoms with van der Waals surface area (Å²) >= 11 is 12.0. The van der Waals surface area contributed by atoms with Crippen LogP contribution in [0.5, 0.6) is 0 Å². The Hall–Kier alpha value is -3.68. The Morgan fingerprint density at radius 1 is 0.880 bits per heavy atom. The van der Waals surface area contributed by atoms with Gasteiger partial charge in [0, 0.05) is 18.1 Å². The van der Waals surface area contributed by atoms with Gasteiger partial charge in [-0.25, -0.2) is 33.1 Å². The van der Waals surface area contributed by atoms with Crippen LogP contribution in [0.15, 0.2) is 67.0 Å². The van der Waals surface area contributed by atoms with Gasteiger partial charge in [-0.1, -0.05) is 41.4 Å². The molecule has 6 rings (SSSR count). The van der Waals surface area contributed by atoms with Crippen LogP contribution in [0.1, 0.15) is 90.9 Å². The van der Waals surface area contributed by atoms with Crippen molar-refractivity contribution >= 4 is 29.1 Å². The Morgan fingerprint density at radius 3 is 2.10 bits per heavy atom. The predicted molar refractivity (Wildman–Crippen MR) is 184 cm³/mol. The first-order chi connectivity index (χ1) is 23.8. The second-order valence-corrected chi connectivity index (χ2v) is 13.7. The van der Waals surface area contributed by atoms with Crippen molar-refractivity contribution in [3.05, 3.63) is 106 Å². The van der Waals surface area contributed by atoms with E-state index in [2.05, 4.69) is 25.3 Å². The largest absolute Gasteiger partial charge is 0.388 e. The number of nitrogens with zero attached hydrogens (tertiary/aromatic N) is 4. The van der Waals surface area contributed by atoms with Gasteiger partial charge in [0.25, 0.3) is 5.91 Å². The number of amides is 1. The van der Waals surface area contributed by atoms with E-state index < -0.39 is 47.4 Å². The third kappa shape index (κ3) is 8.78. The number of hydrogen-bond acceptors (Lipinski definition) is 8. The lowest BCUT2D eigenvalue weighted by molar-refractivity contribution is -0.0446. The number of aryl methyl sites for hydroxylation is 1. The summed E-state index contributed by atoms with van der Waals surface area (Å²) in [4.78, 5) is 30.4. The van der Waals surface area contributed by atoms with Crippen molar-refractivity contribution in [2.24, 2.45) is 5.73 Å². The molecule has 5 N–H and O–H groups in total. The summed E-state index contributed by atoms with van der Waals surface area (Å²) in [6.45, 7) is 1.74. The Labute approximate surface area is 298 Å². The molecule has 9 nitrogen and oxygen atoms in total. The number of rotatable bonds is 7. The maximum atomic E-state index is 14.3. The first-order valence-corrected chi connectivity index (χ1v) is 17.2. The predicted octanol–water partition coefficient (Wildman–Crippen LogP) is 7.13. The zero-order valence-corrected chi connectivity index (χ0v) is 28.9. The first-order valence-electron chi connectivity index (χ1n) is 16.4. The van der Waals surface area contributed by atoms with E-state index in [1.807, 2.05) is 0 Å². The van der Waals surface area contributed by atoms with Crippen molar-refractivity contribution < 1.29 is 28.2 Å². The van der Waals surface area contributed by atoms with Crippen molar-refractivity contribution in [3.8, 4) is 11.4 Å². The molecule has 0 saturated heterocycles. The molecule has 1 aromatic carbocycles. The Balaban J connectivity index is 0.000000240. The van der Waals surface area contributed by atoms with Crippen LogP contribution in [-0.4, -0.2) is 59.6 Å². The molecule has 2 aliphatic carbocycles. The minimum atomic E-state index is -1.51. The number of halogens is 5. The molecule has 0 radical (unpaired) electrons. The number of alkyl halides is 2. The molecule has 1 amide bonds. The summed E-state index contributed by atoms with van der Waals surface area (Å²) in [5.41, 5.74) is 5.27. The zero-order chi connectivity index (χ0) is 36.1. The molecule has 2 fully saturated rings. The fraction of sp³-hybridized carbons (Fsp3) is 0.417. The molecule has 2 atom stereocenters. The molecule has 4 aromatic rings. The quantitative estimate of drug-likeness (QED) is 0.147. The summed E-state index contributed by atoms with van der Waals surface area (Å²) in [6, 6.07) is 12.7. The standard InChI is InChI=1S/C24H23ClF2N4O2.C12H16ClFN2O/c1-14-6-7-17(22-28-12-3-13-29-22)20(30-14)23(32)31-21(16-4-2-5-18(27)19(16)25)24(33)10-8-15(26)9-11-24;13-10-3-1-2-9(16-10)11(15)12(17)6-4-8(14)5-7-12/h2-7,12-13,15,21,33H,8-11H2,1H3,(H,31,32);1-3,8,11,17H,4-7,15H2. The normalized spacial score (nSPS) is 24.7. The highest BCUT2D eigenvalue weighted by Gasteiger charge is 2.44. The minimum Gasteiger partial charge on any atom is -0.388 e. The van der Waals surface area contributed by atoms with Gasteiger partial charge in [0.15, 0.2) is 5.82 Å². The molecule has 0 spiro atoms. The number of carbonyl (C=O) groups is 1. The van der Waals surface area contributed by atoms with Gasteiger partial charge in [-0.3, -0.25) is 4.79 Å². The van der Waals surface area contributed by atoms with Gasteiger partial charge in [-0.2, -0.15) is 0 Å². The van der Waals surface area contributed by atoms with Crippen LogP contribution in [0.4, 0.5) is 13.2 Å². The van der Waals surface area contributed by atoms with Gasteiger partial charge in [0.05, 0.1) is 39.6 Å². The first kappa shape index (κ1) is 37.6. The number of nitrogens with one attached hydrogen (secondary N) is 1. The van der Waals surface area contributed by atoms with Gasteiger partial charge in [-0.05, 0) is 100 Å². The lowest BCUT2D eigenvalue weighted by Crippen LogP contribution is -2.49. The molecule has 266 valence electrons. The van der Waals surface area contributed by atoms with E-state index in [4.69, 9.17) is 28.9 Å². The smallest absolute Gasteiger partial charge is 0.271 e. The van der Waals surface area contributed by atoms with E-state index in [0.717, 1.165) is 0 Å². The number of hydrogen-bond donors (Lipinski definition) is 4. The molecule has 14 heteroatoms. The molecular formula is C36H39Cl2F3N6O3. The summed E-state index contributed by atoms with van der Waals surface area (Å²) < 4.78 is 41.2. The fourth-order valence-electron chi connectivity index (χ4n) is 6.43. The highest BCUT2D eigenvalue weighted by molar-refractivity contribution is 6.31. The highest BCUT2D eigenvalue weighted by atomic mass is 35.5. The fourth-order valence-corrected chi connectivity index (χ4v) is 6.84. The van der Waals surface area contributed by atoms with Crippen molar-refractivity contribution in [3.63, 3.8) is 0 Å². The van der Waals surface area contributed by atoms with Gasteiger partial charge in [0.1, 0.15) is 29.0 Å². The molecule has 3 heterocycles. The monoisotopic (exact) mass is 730 g/mol. The van der Waals surface area contributed by atoms with Gasteiger partial charge < -0.3 is 21.3 Å². The van der Waals surface area contributed by atoms with Crippen molar-refractivity contribution in [2.75, 3.05) is 0 Å². The SMILES string of the molecule is Cc1ccc(-c2ncccn2)c(C(=O)NC(c2cccc(F)c2Cl)C2(O)CCC(F)CC2)n1.NC(c1cccc(Cl)n1)C1(O)CCC(F)CC1. The highest BCUT2D eigenvalue weighted by Crippen LogP contribution is 2.42. The Kier molecular flexibility index (Phi) is 12.1. The van der Waals surface area contributed by atoms with Crippen LogP contribution < -0.4 is 11.1 Å². The van der Waals surface area contributed by atoms with E-state index in [9.17, 15) is 28.2 Å². The average molecular weight is 732 g/mol. The summed E-state index contributed by atoms with van der Waals surface area (Å²) in [5, 5.41) is 24.8.